The number of ether oxygens (including phenoxy) is 1. The molecular weight excluding hydrogens is 345 g/mol. The smallest absolute Gasteiger partial charge is 0.307 e. The highest BCUT2D eigenvalue weighted by Crippen LogP contribution is 2.07. The molecule has 0 aliphatic heterocycles. The summed E-state index contributed by atoms with van der Waals surface area (Å²) < 4.78 is 4.49. The summed E-state index contributed by atoms with van der Waals surface area (Å²) in [6, 6.07) is 7.78. The molecule has 0 amide bonds. The number of methoxy groups -OCH3 is 1. The fourth-order valence-corrected chi connectivity index (χ4v) is 1.19. The monoisotopic (exact) mass is 363 g/mol. The first-order chi connectivity index (χ1) is 8.11. The van der Waals surface area contributed by atoms with Gasteiger partial charge in [-0.2, -0.15) is 0 Å². The largest absolute Gasteiger partial charge is 0.469 e. The van der Waals surface area contributed by atoms with Crippen molar-refractivity contribution in [2.45, 2.75) is 13.3 Å². The van der Waals surface area contributed by atoms with Crippen LogP contribution in [-0.4, -0.2) is 25.6 Å². The second-order valence-electron chi connectivity index (χ2n) is 3.58. The van der Waals surface area contributed by atoms with Crippen molar-refractivity contribution in [1.82, 2.24) is 0 Å². The number of hydrogen-bond donors (Lipinski definition) is 2. The minimum absolute atomic E-state index is 0. The molecule has 0 fully saturated rings. The maximum Gasteiger partial charge on any atom is 0.307 e. The lowest BCUT2D eigenvalue weighted by atomic mass is 10.2. The molecule has 0 radical (unpaired) electrons. The van der Waals surface area contributed by atoms with Crippen molar-refractivity contribution in [1.29, 1.82) is 0 Å². The van der Waals surface area contributed by atoms with Crippen LogP contribution in [0.15, 0.2) is 29.3 Å². The lowest BCUT2D eigenvalue weighted by Gasteiger charge is -2.05. The second kappa shape index (κ2) is 8.73. The van der Waals surface area contributed by atoms with Gasteiger partial charge >= 0.3 is 5.97 Å². The fourth-order valence-electron chi connectivity index (χ4n) is 1.19. The molecule has 0 aliphatic rings. The number of hydrogen-bond acceptors (Lipinski definition) is 3. The van der Waals surface area contributed by atoms with Crippen LogP contribution in [0.5, 0.6) is 0 Å². The van der Waals surface area contributed by atoms with Crippen LogP contribution < -0.4 is 11.1 Å². The second-order valence-corrected chi connectivity index (χ2v) is 3.58. The Morgan fingerprint density at radius 3 is 2.56 bits per heavy atom. The molecular formula is C12H18IN3O2. The van der Waals surface area contributed by atoms with Gasteiger partial charge in [0.2, 0.25) is 0 Å². The standard InChI is InChI=1S/C12H17N3O2.HI/c1-9-3-5-10(6-4-9)15-12(13)14-8-7-11(16)17-2;/h3-6H,7-8H2,1-2H3,(H3,13,14,15);1H. The predicted octanol–water partition coefficient (Wildman–Crippen LogP) is 1.90. The van der Waals surface area contributed by atoms with Crippen molar-refractivity contribution in [3.05, 3.63) is 29.8 Å². The van der Waals surface area contributed by atoms with E-state index in [2.05, 4.69) is 15.0 Å². The van der Waals surface area contributed by atoms with Crippen LogP contribution in [-0.2, 0) is 9.53 Å². The van der Waals surface area contributed by atoms with E-state index in [1.807, 2.05) is 31.2 Å². The maximum atomic E-state index is 10.8. The van der Waals surface area contributed by atoms with Gasteiger partial charge in [-0.05, 0) is 19.1 Å². The Labute approximate surface area is 124 Å². The Kier molecular flexibility index (Phi) is 8.10. The van der Waals surface area contributed by atoms with Gasteiger partial charge in [-0.15, -0.1) is 24.0 Å². The number of nitrogens with zero attached hydrogens (tertiary/aromatic N) is 1. The van der Waals surface area contributed by atoms with Gasteiger partial charge in [-0.3, -0.25) is 9.79 Å². The van der Waals surface area contributed by atoms with Gasteiger partial charge in [0.1, 0.15) is 0 Å². The summed E-state index contributed by atoms with van der Waals surface area (Å²) in [7, 11) is 1.35. The molecule has 5 nitrogen and oxygen atoms in total. The van der Waals surface area contributed by atoms with Crippen LogP contribution >= 0.6 is 24.0 Å². The quantitative estimate of drug-likeness (QED) is 0.371. The highest BCUT2D eigenvalue weighted by Gasteiger charge is 1.99. The zero-order valence-corrected chi connectivity index (χ0v) is 12.8. The van der Waals surface area contributed by atoms with Gasteiger partial charge in [0.05, 0.1) is 20.1 Å². The molecule has 0 atom stereocenters. The summed E-state index contributed by atoms with van der Waals surface area (Å²) in [5.41, 5.74) is 7.71. The Balaban J connectivity index is 0.00000289. The molecule has 0 saturated heterocycles. The number of rotatable bonds is 4. The Morgan fingerprint density at radius 1 is 1.39 bits per heavy atom. The molecule has 1 rings (SSSR count). The molecule has 0 spiro atoms. The number of halogens is 1. The molecule has 0 bridgehead atoms. The molecule has 3 N–H and O–H groups in total. The molecule has 0 heterocycles. The summed E-state index contributed by atoms with van der Waals surface area (Å²) in [6.45, 7) is 2.33. The number of carbonyl (C=O) groups is 1. The zero-order valence-electron chi connectivity index (χ0n) is 10.5. The average molecular weight is 363 g/mol. The van der Waals surface area contributed by atoms with E-state index in [0.29, 0.717) is 6.54 Å². The van der Waals surface area contributed by atoms with Crippen molar-refractivity contribution in [2.75, 3.05) is 19.0 Å². The Morgan fingerprint density at radius 2 is 2.00 bits per heavy atom. The van der Waals surface area contributed by atoms with E-state index in [9.17, 15) is 4.79 Å². The van der Waals surface area contributed by atoms with E-state index in [-0.39, 0.29) is 42.3 Å². The number of carbonyl (C=O) groups excluding carboxylic acids is 1. The zero-order chi connectivity index (χ0) is 12.7. The number of benzene rings is 1. The number of nitrogens with two attached hydrogens (primary N) is 1. The minimum Gasteiger partial charge on any atom is -0.469 e. The van der Waals surface area contributed by atoms with Crippen LogP contribution in [0.25, 0.3) is 0 Å². The lowest BCUT2D eigenvalue weighted by molar-refractivity contribution is -0.140. The van der Waals surface area contributed by atoms with Crippen LogP contribution in [0.3, 0.4) is 0 Å². The fraction of sp³-hybridized carbons (Fsp3) is 0.333. The number of aliphatic imine (C=N–C) groups is 1. The van der Waals surface area contributed by atoms with Crippen molar-refractivity contribution in [3.63, 3.8) is 0 Å². The number of anilines is 1. The lowest BCUT2D eigenvalue weighted by Crippen LogP contribution is -2.23. The first-order valence-electron chi connectivity index (χ1n) is 5.32. The van der Waals surface area contributed by atoms with Gasteiger partial charge in [0, 0.05) is 5.69 Å². The summed E-state index contributed by atoms with van der Waals surface area (Å²) in [6.07, 6.45) is 0.229. The van der Waals surface area contributed by atoms with E-state index in [1.165, 1.54) is 12.7 Å². The van der Waals surface area contributed by atoms with Crippen LogP contribution in [0, 0.1) is 6.92 Å². The molecule has 18 heavy (non-hydrogen) atoms. The van der Waals surface area contributed by atoms with E-state index < -0.39 is 0 Å². The molecule has 100 valence electrons. The Hall–Kier alpha value is -1.31. The molecule has 1 aromatic carbocycles. The van der Waals surface area contributed by atoms with E-state index >= 15 is 0 Å². The van der Waals surface area contributed by atoms with E-state index in [4.69, 9.17) is 5.73 Å². The molecule has 0 aromatic heterocycles. The highest BCUT2D eigenvalue weighted by molar-refractivity contribution is 14.0. The Bertz CT molecular complexity index is 404. The molecule has 0 aliphatic carbocycles. The first kappa shape index (κ1) is 16.7. The molecule has 0 unspecified atom stereocenters. The van der Waals surface area contributed by atoms with Crippen molar-refractivity contribution in [3.8, 4) is 0 Å². The maximum absolute atomic E-state index is 10.8. The molecule has 0 saturated carbocycles. The van der Waals surface area contributed by atoms with E-state index in [1.54, 1.807) is 0 Å². The number of esters is 1. The van der Waals surface area contributed by atoms with Gasteiger partial charge in [-0.1, -0.05) is 17.7 Å². The van der Waals surface area contributed by atoms with Crippen molar-refractivity contribution >= 4 is 41.6 Å². The number of nitrogens with one attached hydrogen (secondary N) is 1. The van der Waals surface area contributed by atoms with Gasteiger partial charge in [-0.25, -0.2) is 0 Å². The van der Waals surface area contributed by atoms with Crippen molar-refractivity contribution < 1.29 is 9.53 Å². The van der Waals surface area contributed by atoms with Crippen LogP contribution in [0.1, 0.15) is 12.0 Å². The molecule has 1 aromatic rings. The number of aryl methyl sites for hydroxylation is 1. The van der Waals surface area contributed by atoms with Crippen LogP contribution in [0.2, 0.25) is 0 Å². The SMILES string of the molecule is COC(=O)CCN=C(N)Nc1ccc(C)cc1.I. The van der Waals surface area contributed by atoms with Crippen molar-refractivity contribution in [2.24, 2.45) is 10.7 Å². The third kappa shape index (κ3) is 6.43. The predicted molar refractivity (Wildman–Crippen MR) is 83.3 cm³/mol. The summed E-state index contributed by atoms with van der Waals surface area (Å²) >= 11 is 0. The highest BCUT2D eigenvalue weighted by atomic mass is 127. The first-order valence-corrected chi connectivity index (χ1v) is 5.32. The van der Waals surface area contributed by atoms with E-state index in [0.717, 1.165) is 5.69 Å². The topological polar surface area (TPSA) is 76.7 Å². The average Bonchev–Trinajstić information content (AvgIpc) is 2.32. The summed E-state index contributed by atoms with van der Waals surface area (Å²) in [5.74, 6) is -0.00496. The summed E-state index contributed by atoms with van der Waals surface area (Å²) in [5, 5.41) is 2.94. The minimum atomic E-state index is -0.295. The van der Waals surface area contributed by atoms with Crippen LogP contribution in [0.4, 0.5) is 5.69 Å². The third-order valence-corrected chi connectivity index (χ3v) is 2.15. The van der Waals surface area contributed by atoms with Gasteiger partial charge in [0.15, 0.2) is 5.96 Å². The third-order valence-electron chi connectivity index (χ3n) is 2.15. The normalized spacial score (nSPS) is 10.4. The van der Waals surface area contributed by atoms with Gasteiger partial charge < -0.3 is 15.8 Å². The number of guanidine groups is 1. The van der Waals surface area contributed by atoms with Gasteiger partial charge in [0.25, 0.3) is 0 Å². The molecule has 6 heteroatoms. The summed E-state index contributed by atoms with van der Waals surface area (Å²) in [4.78, 5) is 14.8.